The summed E-state index contributed by atoms with van der Waals surface area (Å²) in [6.45, 7) is 1.01. The SMILES string of the molecule is NN1CCCCC1c1ccncc1. The van der Waals surface area contributed by atoms with Gasteiger partial charge in [-0.25, -0.2) is 5.01 Å². The molecule has 1 aliphatic heterocycles. The summed E-state index contributed by atoms with van der Waals surface area (Å²) >= 11 is 0. The molecule has 2 rings (SSSR count). The fourth-order valence-electron chi connectivity index (χ4n) is 1.90. The van der Waals surface area contributed by atoms with Crippen molar-refractivity contribution in [2.24, 2.45) is 5.84 Å². The zero-order valence-corrected chi connectivity index (χ0v) is 7.69. The lowest BCUT2D eigenvalue weighted by Crippen LogP contribution is -2.38. The molecule has 1 unspecified atom stereocenters. The molecule has 1 atom stereocenters. The topological polar surface area (TPSA) is 42.1 Å². The number of hydrogen-bond donors (Lipinski definition) is 1. The number of piperidine rings is 1. The molecule has 3 heteroatoms. The van der Waals surface area contributed by atoms with Gasteiger partial charge < -0.3 is 0 Å². The third-order valence-electron chi connectivity index (χ3n) is 2.64. The molecule has 13 heavy (non-hydrogen) atoms. The minimum Gasteiger partial charge on any atom is -0.268 e. The van der Waals surface area contributed by atoms with Crippen LogP contribution in [-0.2, 0) is 0 Å². The summed E-state index contributed by atoms with van der Waals surface area (Å²) in [5.74, 6) is 5.92. The van der Waals surface area contributed by atoms with Gasteiger partial charge in [0.05, 0.1) is 0 Å². The zero-order valence-electron chi connectivity index (χ0n) is 7.69. The maximum absolute atomic E-state index is 5.92. The fourth-order valence-corrected chi connectivity index (χ4v) is 1.90. The van der Waals surface area contributed by atoms with Gasteiger partial charge in [-0.05, 0) is 30.5 Å². The molecule has 3 nitrogen and oxygen atoms in total. The van der Waals surface area contributed by atoms with Gasteiger partial charge in [0.2, 0.25) is 0 Å². The van der Waals surface area contributed by atoms with Gasteiger partial charge in [0.25, 0.3) is 0 Å². The van der Waals surface area contributed by atoms with E-state index in [1.54, 1.807) is 0 Å². The Morgan fingerprint density at radius 2 is 2.08 bits per heavy atom. The Bertz CT molecular complexity index is 260. The van der Waals surface area contributed by atoms with Crippen LogP contribution in [0.15, 0.2) is 24.5 Å². The highest BCUT2D eigenvalue weighted by molar-refractivity contribution is 5.15. The second-order valence-electron chi connectivity index (χ2n) is 3.53. The number of aromatic nitrogens is 1. The summed E-state index contributed by atoms with van der Waals surface area (Å²) in [5.41, 5.74) is 1.29. The van der Waals surface area contributed by atoms with Crippen molar-refractivity contribution < 1.29 is 0 Å². The molecule has 70 valence electrons. The first-order valence-corrected chi connectivity index (χ1v) is 4.79. The Hall–Kier alpha value is -0.930. The van der Waals surface area contributed by atoms with Crippen molar-refractivity contribution in [1.82, 2.24) is 9.99 Å². The maximum Gasteiger partial charge on any atom is 0.0491 e. The lowest BCUT2D eigenvalue weighted by Gasteiger charge is -2.31. The number of pyridine rings is 1. The third kappa shape index (κ3) is 1.87. The summed E-state index contributed by atoms with van der Waals surface area (Å²) in [4.78, 5) is 4.01. The average molecular weight is 177 g/mol. The summed E-state index contributed by atoms with van der Waals surface area (Å²) in [7, 11) is 0. The van der Waals surface area contributed by atoms with Crippen molar-refractivity contribution in [2.75, 3.05) is 6.54 Å². The van der Waals surface area contributed by atoms with Gasteiger partial charge in [-0.2, -0.15) is 0 Å². The highest BCUT2D eigenvalue weighted by Crippen LogP contribution is 2.27. The lowest BCUT2D eigenvalue weighted by atomic mass is 9.98. The molecule has 0 bridgehead atoms. The van der Waals surface area contributed by atoms with Crippen LogP contribution >= 0.6 is 0 Å². The van der Waals surface area contributed by atoms with Crippen LogP contribution in [0.5, 0.6) is 0 Å². The van der Waals surface area contributed by atoms with Gasteiger partial charge in [0, 0.05) is 25.0 Å². The molecule has 0 radical (unpaired) electrons. The second-order valence-corrected chi connectivity index (χ2v) is 3.53. The minimum absolute atomic E-state index is 0.400. The maximum atomic E-state index is 5.92. The van der Waals surface area contributed by atoms with E-state index in [1.165, 1.54) is 24.8 Å². The summed E-state index contributed by atoms with van der Waals surface area (Å²) in [6, 6.07) is 4.50. The van der Waals surface area contributed by atoms with Crippen LogP contribution in [0.2, 0.25) is 0 Å². The van der Waals surface area contributed by atoms with E-state index in [1.807, 2.05) is 17.4 Å². The summed E-state index contributed by atoms with van der Waals surface area (Å²) in [6.07, 6.45) is 7.33. The van der Waals surface area contributed by atoms with Gasteiger partial charge in [0.15, 0.2) is 0 Å². The number of hydrogen-bond acceptors (Lipinski definition) is 3. The van der Waals surface area contributed by atoms with Gasteiger partial charge in [-0.3, -0.25) is 10.8 Å². The molecule has 1 aromatic heterocycles. The molecule has 1 aromatic rings. The number of hydrazine groups is 1. The highest BCUT2D eigenvalue weighted by Gasteiger charge is 2.20. The number of nitrogens with two attached hydrogens (primary N) is 1. The molecule has 1 fully saturated rings. The molecule has 0 aromatic carbocycles. The van der Waals surface area contributed by atoms with E-state index < -0.39 is 0 Å². The van der Waals surface area contributed by atoms with Gasteiger partial charge in [0.1, 0.15) is 0 Å². The van der Waals surface area contributed by atoms with Crippen LogP contribution in [-0.4, -0.2) is 16.5 Å². The molecule has 2 heterocycles. The van der Waals surface area contributed by atoms with Crippen molar-refractivity contribution in [2.45, 2.75) is 25.3 Å². The largest absolute Gasteiger partial charge is 0.268 e. The Morgan fingerprint density at radius 1 is 1.31 bits per heavy atom. The van der Waals surface area contributed by atoms with Crippen LogP contribution in [0, 0.1) is 0 Å². The van der Waals surface area contributed by atoms with Crippen LogP contribution in [0.25, 0.3) is 0 Å². The molecule has 1 aliphatic rings. The predicted octanol–water partition coefficient (Wildman–Crippen LogP) is 1.48. The van der Waals surface area contributed by atoms with E-state index in [2.05, 4.69) is 17.1 Å². The molecule has 2 N–H and O–H groups in total. The van der Waals surface area contributed by atoms with E-state index >= 15 is 0 Å². The molecule has 0 saturated carbocycles. The Balaban J connectivity index is 2.15. The van der Waals surface area contributed by atoms with Crippen molar-refractivity contribution in [3.8, 4) is 0 Å². The van der Waals surface area contributed by atoms with Crippen molar-refractivity contribution in [3.63, 3.8) is 0 Å². The Kier molecular flexibility index (Phi) is 2.57. The van der Waals surface area contributed by atoms with Gasteiger partial charge in [-0.1, -0.05) is 6.42 Å². The van der Waals surface area contributed by atoms with E-state index in [-0.39, 0.29) is 0 Å². The van der Waals surface area contributed by atoms with Gasteiger partial charge in [-0.15, -0.1) is 0 Å². The van der Waals surface area contributed by atoms with Crippen LogP contribution in [0.1, 0.15) is 30.9 Å². The smallest absolute Gasteiger partial charge is 0.0491 e. The number of nitrogens with zero attached hydrogens (tertiary/aromatic N) is 2. The molecule has 0 aliphatic carbocycles. The first-order valence-electron chi connectivity index (χ1n) is 4.79. The second kappa shape index (κ2) is 3.85. The Morgan fingerprint density at radius 3 is 2.77 bits per heavy atom. The fraction of sp³-hybridized carbons (Fsp3) is 0.500. The van der Waals surface area contributed by atoms with Crippen LogP contribution in [0.4, 0.5) is 0 Å². The van der Waals surface area contributed by atoms with Crippen LogP contribution in [0.3, 0.4) is 0 Å². The molecule has 1 saturated heterocycles. The molecule has 0 amide bonds. The van der Waals surface area contributed by atoms with E-state index in [0.29, 0.717) is 6.04 Å². The lowest BCUT2D eigenvalue weighted by molar-refractivity contribution is 0.151. The predicted molar refractivity (Wildman–Crippen MR) is 51.7 cm³/mol. The minimum atomic E-state index is 0.400. The number of rotatable bonds is 1. The standard InChI is InChI=1S/C10H15N3/c11-13-8-2-1-3-10(13)9-4-6-12-7-5-9/h4-7,10H,1-3,8,11H2. The molecule has 0 spiro atoms. The first-order chi connectivity index (χ1) is 6.38. The van der Waals surface area contributed by atoms with E-state index in [0.717, 1.165) is 6.54 Å². The first kappa shape index (κ1) is 8.66. The summed E-state index contributed by atoms with van der Waals surface area (Å²) < 4.78 is 0. The average Bonchev–Trinajstić information content (AvgIpc) is 2.20. The summed E-state index contributed by atoms with van der Waals surface area (Å²) in [5, 5.41) is 1.94. The normalized spacial score (nSPS) is 24.5. The highest BCUT2D eigenvalue weighted by atomic mass is 15.4. The zero-order chi connectivity index (χ0) is 9.10. The van der Waals surface area contributed by atoms with Crippen molar-refractivity contribution >= 4 is 0 Å². The van der Waals surface area contributed by atoms with Crippen molar-refractivity contribution in [1.29, 1.82) is 0 Å². The quantitative estimate of drug-likeness (QED) is 0.661. The van der Waals surface area contributed by atoms with Crippen molar-refractivity contribution in [3.05, 3.63) is 30.1 Å². The third-order valence-corrected chi connectivity index (χ3v) is 2.64. The Labute approximate surface area is 78.5 Å². The van der Waals surface area contributed by atoms with Gasteiger partial charge >= 0.3 is 0 Å². The van der Waals surface area contributed by atoms with Crippen LogP contribution < -0.4 is 5.84 Å². The monoisotopic (exact) mass is 177 g/mol. The molecular weight excluding hydrogens is 162 g/mol. The molecular formula is C10H15N3. The van der Waals surface area contributed by atoms with E-state index in [4.69, 9.17) is 5.84 Å². The van der Waals surface area contributed by atoms with E-state index in [9.17, 15) is 0 Å².